The van der Waals surface area contributed by atoms with Crippen molar-refractivity contribution in [2.45, 2.75) is 53.1 Å². The van der Waals surface area contributed by atoms with Gasteiger partial charge in [-0.1, -0.05) is 32.3 Å². The summed E-state index contributed by atoms with van der Waals surface area (Å²) in [5, 5.41) is 3.58. The highest BCUT2D eigenvalue weighted by atomic mass is 16.6. The summed E-state index contributed by atoms with van der Waals surface area (Å²) in [4.78, 5) is 24.0. The quantitative estimate of drug-likeness (QED) is 0.823. The van der Waals surface area contributed by atoms with Crippen LogP contribution in [0.2, 0.25) is 0 Å². The fraction of sp³-hybridized carbons (Fsp3) is 0.706. The molecule has 7 heteroatoms. The topological polar surface area (TPSA) is 105 Å². The number of hydrogen-bond donors (Lipinski definition) is 1. The first-order chi connectivity index (χ1) is 11.3. The molecule has 134 valence electrons. The maximum atomic E-state index is 12.1. The molecular weight excluding hydrogens is 312 g/mol. The number of rotatable bonds is 5. The molecule has 0 saturated heterocycles. The molecule has 0 amide bonds. The monoisotopic (exact) mass is 338 g/mol. The lowest BCUT2D eigenvalue weighted by atomic mass is 9.75. The van der Waals surface area contributed by atoms with E-state index in [1.54, 1.807) is 6.92 Å². The molecule has 0 aromatic carbocycles. The molecule has 0 bridgehead atoms. The van der Waals surface area contributed by atoms with E-state index in [0.717, 1.165) is 19.3 Å². The van der Waals surface area contributed by atoms with Crippen molar-refractivity contribution in [3.8, 4) is 0 Å². The van der Waals surface area contributed by atoms with Crippen LogP contribution in [0.15, 0.2) is 4.52 Å². The predicted molar refractivity (Wildman–Crippen MR) is 87.2 cm³/mol. The molecule has 1 saturated carbocycles. The molecule has 1 aromatic rings. The minimum absolute atomic E-state index is 0.0501. The van der Waals surface area contributed by atoms with E-state index in [2.05, 4.69) is 25.9 Å². The van der Waals surface area contributed by atoms with Crippen molar-refractivity contribution in [2.75, 3.05) is 12.3 Å². The number of nitrogens with two attached hydrogens (primary N) is 1. The second-order valence-corrected chi connectivity index (χ2v) is 6.94. The number of anilines is 1. The van der Waals surface area contributed by atoms with Crippen LogP contribution < -0.4 is 5.73 Å². The Bertz CT molecular complexity index is 576. The molecular formula is C17H26N2O5. The summed E-state index contributed by atoms with van der Waals surface area (Å²) in [5.41, 5.74) is 5.89. The van der Waals surface area contributed by atoms with E-state index in [1.807, 2.05) is 0 Å². The molecule has 7 nitrogen and oxygen atoms in total. The Labute approximate surface area is 141 Å². The van der Waals surface area contributed by atoms with Crippen LogP contribution in [0.5, 0.6) is 0 Å². The number of carbonyl (C=O) groups is 2. The molecule has 0 spiro atoms. The fourth-order valence-corrected chi connectivity index (χ4v) is 3.29. The Morgan fingerprint density at radius 3 is 2.67 bits per heavy atom. The number of carbonyl (C=O) groups excluding carboxylic acids is 2. The van der Waals surface area contributed by atoms with Gasteiger partial charge >= 0.3 is 11.9 Å². The summed E-state index contributed by atoms with van der Waals surface area (Å²) in [6.07, 6.45) is 2.92. The van der Waals surface area contributed by atoms with Crippen molar-refractivity contribution in [1.82, 2.24) is 5.16 Å². The Hall–Kier alpha value is -2.05. The fourth-order valence-electron chi connectivity index (χ4n) is 3.29. The zero-order chi connectivity index (χ0) is 17.9. The lowest BCUT2D eigenvalue weighted by Crippen LogP contribution is -2.36. The number of nitrogens with zero attached hydrogens (tertiary/aromatic N) is 1. The lowest BCUT2D eigenvalue weighted by Gasteiger charge is -2.36. The van der Waals surface area contributed by atoms with E-state index in [1.165, 1.54) is 0 Å². The summed E-state index contributed by atoms with van der Waals surface area (Å²) >= 11 is 0. The van der Waals surface area contributed by atoms with Crippen LogP contribution in [-0.2, 0) is 14.3 Å². The molecule has 3 atom stereocenters. The molecule has 1 aliphatic carbocycles. The number of nitrogen functional groups attached to an aromatic ring is 1. The smallest absolute Gasteiger partial charge is 0.346 e. The highest BCUT2D eigenvalue weighted by Crippen LogP contribution is 2.35. The first-order valence-electron chi connectivity index (χ1n) is 8.38. The van der Waals surface area contributed by atoms with Crippen molar-refractivity contribution in [1.29, 1.82) is 0 Å². The van der Waals surface area contributed by atoms with Gasteiger partial charge in [-0.25, -0.2) is 9.59 Å². The summed E-state index contributed by atoms with van der Waals surface area (Å²) in [7, 11) is 0. The second kappa shape index (κ2) is 7.68. The average Bonchev–Trinajstić information content (AvgIpc) is 2.83. The van der Waals surface area contributed by atoms with E-state index in [4.69, 9.17) is 19.7 Å². The minimum Gasteiger partial charge on any atom is -0.460 e. The predicted octanol–water partition coefficient (Wildman–Crippen LogP) is 2.73. The maximum Gasteiger partial charge on any atom is 0.346 e. The van der Waals surface area contributed by atoms with Gasteiger partial charge in [0.05, 0.1) is 5.69 Å². The van der Waals surface area contributed by atoms with E-state index >= 15 is 0 Å². The van der Waals surface area contributed by atoms with Gasteiger partial charge in [0.15, 0.2) is 6.61 Å². The van der Waals surface area contributed by atoms with E-state index in [0.29, 0.717) is 23.4 Å². The van der Waals surface area contributed by atoms with Crippen LogP contribution in [-0.4, -0.2) is 29.8 Å². The molecule has 0 radical (unpaired) electrons. The minimum atomic E-state index is -0.736. The van der Waals surface area contributed by atoms with Crippen molar-refractivity contribution in [3.05, 3.63) is 11.3 Å². The largest absolute Gasteiger partial charge is 0.460 e. The maximum absolute atomic E-state index is 12.1. The number of ether oxygens (including phenoxy) is 2. The third-order valence-electron chi connectivity index (χ3n) is 4.66. The highest BCUT2D eigenvalue weighted by Gasteiger charge is 2.33. The van der Waals surface area contributed by atoms with Gasteiger partial charge in [-0.15, -0.1) is 0 Å². The van der Waals surface area contributed by atoms with Crippen LogP contribution in [0, 0.1) is 24.7 Å². The molecule has 1 fully saturated rings. The second-order valence-electron chi connectivity index (χ2n) is 6.94. The standard InChI is InChI=1S/C17H26N2O5/c1-9(2)12-6-5-10(3)7-13(12)23-14(20)8-22-17(21)15-11(4)19-24-16(15)18/h9-10,12-13H,5-8,18H2,1-4H3/t10-,12-,13+/m0/s1. The Kier molecular flexibility index (Phi) is 5.85. The van der Waals surface area contributed by atoms with Crippen LogP contribution in [0.4, 0.5) is 5.88 Å². The molecule has 1 heterocycles. The molecule has 1 aliphatic rings. The third-order valence-corrected chi connectivity index (χ3v) is 4.66. The van der Waals surface area contributed by atoms with E-state index in [9.17, 15) is 9.59 Å². The van der Waals surface area contributed by atoms with Crippen LogP contribution in [0.25, 0.3) is 0 Å². The molecule has 1 aromatic heterocycles. The number of aromatic nitrogens is 1. The first-order valence-corrected chi connectivity index (χ1v) is 8.38. The zero-order valence-electron chi connectivity index (χ0n) is 14.7. The Balaban J connectivity index is 1.89. The summed E-state index contributed by atoms with van der Waals surface area (Å²) in [5.74, 6) is -0.0813. The van der Waals surface area contributed by atoms with Gasteiger partial charge in [0.1, 0.15) is 11.7 Å². The van der Waals surface area contributed by atoms with Gasteiger partial charge in [-0.05, 0) is 37.5 Å². The van der Waals surface area contributed by atoms with Gasteiger partial charge in [0, 0.05) is 0 Å². The van der Waals surface area contributed by atoms with Crippen molar-refractivity contribution < 1.29 is 23.6 Å². The van der Waals surface area contributed by atoms with Gasteiger partial charge in [0.25, 0.3) is 0 Å². The van der Waals surface area contributed by atoms with E-state index in [-0.39, 0.29) is 17.6 Å². The SMILES string of the molecule is Cc1noc(N)c1C(=O)OCC(=O)O[C@@H]1C[C@@H](C)CC[C@H]1C(C)C. The number of hydrogen-bond acceptors (Lipinski definition) is 7. The van der Waals surface area contributed by atoms with Crippen LogP contribution in [0.1, 0.15) is 56.1 Å². The Morgan fingerprint density at radius 2 is 2.08 bits per heavy atom. The molecule has 0 aliphatic heterocycles. The molecule has 24 heavy (non-hydrogen) atoms. The highest BCUT2D eigenvalue weighted by molar-refractivity contribution is 5.95. The molecule has 2 rings (SSSR count). The number of esters is 2. The number of aryl methyl sites for hydroxylation is 1. The van der Waals surface area contributed by atoms with Crippen molar-refractivity contribution in [2.24, 2.45) is 17.8 Å². The first kappa shape index (κ1) is 18.3. The van der Waals surface area contributed by atoms with Gasteiger partial charge in [-0.3, -0.25) is 0 Å². The lowest BCUT2D eigenvalue weighted by molar-refractivity contribution is -0.159. The van der Waals surface area contributed by atoms with Gasteiger partial charge < -0.3 is 19.7 Å². The third kappa shape index (κ3) is 4.27. The summed E-state index contributed by atoms with van der Waals surface area (Å²) < 4.78 is 15.3. The van der Waals surface area contributed by atoms with E-state index < -0.39 is 18.5 Å². The van der Waals surface area contributed by atoms with Crippen LogP contribution >= 0.6 is 0 Å². The summed E-state index contributed by atoms with van der Waals surface area (Å²) in [6, 6.07) is 0. The summed E-state index contributed by atoms with van der Waals surface area (Å²) in [6.45, 7) is 7.57. The Morgan fingerprint density at radius 1 is 1.38 bits per heavy atom. The molecule has 0 unspecified atom stereocenters. The zero-order valence-corrected chi connectivity index (χ0v) is 14.7. The van der Waals surface area contributed by atoms with Crippen molar-refractivity contribution in [3.63, 3.8) is 0 Å². The van der Waals surface area contributed by atoms with Gasteiger partial charge in [0.2, 0.25) is 5.88 Å². The molecule has 2 N–H and O–H groups in total. The van der Waals surface area contributed by atoms with Crippen LogP contribution in [0.3, 0.4) is 0 Å². The van der Waals surface area contributed by atoms with Crippen molar-refractivity contribution >= 4 is 17.8 Å². The average molecular weight is 338 g/mol. The van der Waals surface area contributed by atoms with Gasteiger partial charge in [-0.2, -0.15) is 0 Å². The normalized spacial score (nSPS) is 24.0.